The van der Waals surface area contributed by atoms with Crippen LogP contribution in [0, 0.1) is 5.82 Å². The summed E-state index contributed by atoms with van der Waals surface area (Å²) in [5, 5.41) is 5.59. The fraction of sp³-hybridized carbons (Fsp3) is 0.308. The van der Waals surface area contributed by atoms with Gasteiger partial charge in [0, 0.05) is 56.9 Å². The Morgan fingerprint density at radius 2 is 1.69 bits per heavy atom. The van der Waals surface area contributed by atoms with Crippen LogP contribution in [0.3, 0.4) is 0 Å². The Balaban J connectivity index is 0.810. The molecule has 0 spiro atoms. The molecule has 0 radical (unpaired) electrons. The van der Waals surface area contributed by atoms with Gasteiger partial charge in [-0.2, -0.15) is 0 Å². The molecule has 1 atom stereocenters. The molecule has 2 saturated heterocycles. The smallest absolute Gasteiger partial charge is 0.264 e. The lowest BCUT2D eigenvalue weighted by molar-refractivity contribution is -0.136. The van der Waals surface area contributed by atoms with Crippen molar-refractivity contribution in [1.82, 2.24) is 30.1 Å². The number of imide groups is 2. The van der Waals surface area contributed by atoms with E-state index in [1.54, 1.807) is 24.3 Å². The first kappa shape index (κ1) is 35.4. The van der Waals surface area contributed by atoms with Gasteiger partial charge in [-0.05, 0) is 61.7 Å². The molecule has 5 aromatic rings. The van der Waals surface area contributed by atoms with E-state index in [-0.39, 0.29) is 52.3 Å². The number of fused-ring (bicyclic) bond motifs is 3. The summed E-state index contributed by atoms with van der Waals surface area (Å²) in [6.07, 6.45) is 2.78. The van der Waals surface area contributed by atoms with Crippen LogP contribution in [0.15, 0.2) is 59.4 Å². The average molecular weight is 748 g/mol. The Bertz CT molecular complexity index is 2470. The molecule has 5 heterocycles. The molecular weight excluding hydrogens is 709 g/mol. The summed E-state index contributed by atoms with van der Waals surface area (Å²) in [5.41, 5.74) is 9.43. The van der Waals surface area contributed by atoms with E-state index in [2.05, 4.69) is 30.5 Å². The normalized spacial score (nSPS) is 17.3. The van der Waals surface area contributed by atoms with Crippen LogP contribution in [0.4, 0.5) is 21.5 Å². The second-order valence-corrected chi connectivity index (χ2v) is 14.0. The molecule has 55 heavy (non-hydrogen) atoms. The third-order valence-electron chi connectivity index (χ3n) is 10.6. The van der Waals surface area contributed by atoms with Crippen LogP contribution in [0.2, 0.25) is 0 Å². The number of benzene rings is 3. The molecule has 15 nitrogen and oxygen atoms in total. The molecule has 3 aliphatic rings. The number of piperazine rings is 1. The first-order chi connectivity index (χ1) is 26.6. The number of unbranched alkanes of at least 4 members (excludes halogenated alkanes) is 2. The topological polar surface area (TPSA) is 207 Å². The average Bonchev–Trinajstić information content (AvgIpc) is 3.70. The van der Waals surface area contributed by atoms with Crippen LogP contribution >= 0.6 is 0 Å². The van der Waals surface area contributed by atoms with Gasteiger partial charge in [0.15, 0.2) is 0 Å². The zero-order chi connectivity index (χ0) is 38.4. The Morgan fingerprint density at radius 1 is 0.891 bits per heavy atom. The lowest BCUT2D eigenvalue weighted by atomic mass is 10.0. The van der Waals surface area contributed by atoms with Crippen LogP contribution in [-0.2, 0) is 14.4 Å². The van der Waals surface area contributed by atoms with Crippen molar-refractivity contribution >= 4 is 68.5 Å². The molecule has 1 unspecified atom stereocenters. The minimum atomic E-state index is -1.02. The van der Waals surface area contributed by atoms with Crippen LogP contribution in [0.5, 0.6) is 0 Å². The van der Waals surface area contributed by atoms with Crippen molar-refractivity contribution in [2.75, 3.05) is 48.7 Å². The quantitative estimate of drug-likeness (QED) is 0.104. The molecule has 16 heteroatoms. The maximum absolute atomic E-state index is 14.6. The summed E-state index contributed by atoms with van der Waals surface area (Å²) in [5.74, 6) is -2.38. The SMILES string of the molecule is Nc1c(-c2nc3ccc(N4CCN(C(=O)CCCCCNc5cccc6c5C(=O)N(C5CCC(=O)NC5=O)C6=O)CC4)cc3[nH]2)c(=O)[nH]c2cccc(F)c12. The maximum Gasteiger partial charge on any atom is 0.264 e. The summed E-state index contributed by atoms with van der Waals surface area (Å²) in [6, 6.07) is 14.1. The number of H-pyrrole nitrogens is 2. The lowest BCUT2D eigenvalue weighted by Crippen LogP contribution is -2.54. The number of nitrogens with two attached hydrogens (primary N) is 1. The Hall–Kier alpha value is -6.58. The van der Waals surface area contributed by atoms with Crippen LogP contribution < -0.4 is 26.8 Å². The van der Waals surface area contributed by atoms with Crippen molar-refractivity contribution in [3.8, 4) is 11.4 Å². The van der Waals surface area contributed by atoms with E-state index in [0.717, 1.165) is 23.4 Å². The molecular formula is C39H38FN9O6. The number of carbonyl (C=O) groups excluding carboxylic acids is 5. The molecule has 3 aromatic carbocycles. The molecule has 3 aliphatic heterocycles. The molecule has 5 amide bonds. The fourth-order valence-electron chi connectivity index (χ4n) is 7.72. The second kappa shape index (κ2) is 14.3. The highest BCUT2D eigenvalue weighted by Crippen LogP contribution is 2.33. The van der Waals surface area contributed by atoms with E-state index < -0.39 is 41.0 Å². The van der Waals surface area contributed by atoms with Crippen molar-refractivity contribution < 1.29 is 28.4 Å². The third kappa shape index (κ3) is 6.53. The van der Waals surface area contributed by atoms with Crippen LogP contribution in [-0.4, -0.2) is 93.1 Å². The van der Waals surface area contributed by atoms with Gasteiger partial charge >= 0.3 is 0 Å². The van der Waals surface area contributed by atoms with E-state index in [1.807, 2.05) is 23.1 Å². The number of piperidine rings is 1. The molecule has 282 valence electrons. The molecule has 8 rings (SSSR count). The molecule has 6 N–H and O–H groups in total. The number of amides is 5. The van der Waals surface area contributed by atoms with Crippen molar-refractivity contribution in [2.24, 2.45) is 0 Å². The van der Waals surface area contributed by atoms with Gasteiger partial charge in [-0.15, -0.1) is 0 Å². The molecule has 0 saturated carbocycles. The van der Waals surface area contributed by atoms with Gasteiger partial charge in [0.2, 0.25) is 17.7 Å². The summed E-state index contributed by atoms with van der Waals surface area (Å²) in [6.45, 7) is 2.95. The minimum absolute atomic E-state index is 0.0154. The second-order valence-electron chi connectivity index (χ2n) is 14.0. The van der Waals surface area contributed by atoms with Crippen molar-refractivity contribution in [3.05, 3.63) is 81.9 Å². The fourth-order valence-corrected chi connectivity index (χ4v) is 7.72. The number of aromatic nitrogens is 3. The highest BCUT2D eigenvalue weighted by atomic mass is 19.1. The first-order valence-corrected chi connectivity index (χ1v) is 18.3. The summed E-state index contributed by atoms with van der Waals surface area (Å²) in [7, 11) is 0. The number of halogens is 1. The van der Waals surface area contributed by atoms with Gasteiger partial charge < -0.3 is 30.8 Å². The summed E-state index contributed by atoms with van der Waals surface area (Å²) >= 11 is 0. The molecule has 0 aliphatic carbocycles. The number of aromatic amines is 2. The predicted molar refractivity (Wildman–Crippen MR) is 203 cm³/mol. The number of hydrogen-bond donors (Lipinski definition) is 5. The van der Waals surface area contributed by atoms with E-state index >= 15 is 0 Å². The van der Waals surface area contributed by atoms with Gasteiger partial charge in [-0.25, -0.2) is 9.37 Å². The van der Waals surface area contributed by atoms with Crippen molar-refractivity contribution in [3.63, 3.8) is 0 Å². The van der Waals surface area contributed by atoms with Gasteiger partial charge in [0.1, 0.15) is 23.2 Å². The largest absolute Gasteiger partial charge is 0.397 e. The molecule has 0 bridgehead atoms. The van der Waals surface area contributed by atoms with Crippen LogP contribution in [0.25, 0.3) is 33.3 Å². The van der Waals surface area contributed by atoms with E-state index in [9.17, 15) is 33.2 Å². The summed E-state index contributed by atoms with van der Waals surface area (Å²) in [4.78, 5) is 91.8. The molecule has 2 fully saturated rings. The first-order valence-electron chi connectivity index (χ1n) is 18.3. The molecule has 2 aromatic heterocycles. The van der Waals surface area contributed by atoms with Gasteiger partial charge in [-0.1, -0.05) is 18.6 Å². The highest BCUT2D eigenvalue weighted by molar-refractivity contribution is 6.25. The third-order valence-corrected chi connectivity index (χ3v) is 10.6. The Morgan fingerprint density at radius 3 is 2.49 bits per heavy atom. The van der Waals surface area contributed by atoms with E-state index in [4.69, 9.17) is 5.73 Å². The van der Waals surface area contributed by atoms with Crippen LogP contribution in [0.1, 0.15) is 59.2 Å². The standard InChI is InChI=1S/C39H38FN9O6/c40-23-7-5-9-26-32(23)34(41)33(37(53)45-26)35-43-24-12-11-21(20-27(24)44-35)47-16-18-48(19-17-47)30(51)10-2-1-3-15-42-25-8-4-6-22-31(25)39(55)49(38(22)54)28-13-14-29(50)46-36(28)52/h4-9,11-12,20,28,42H,1-3,10,13-19H2,(H,43,44)(H3,41,45,53)(H,46,50,52). The number of rotatable bonds is 10. The van der Waals surface area contributed by atoms with Gasteiger partial charge in [0.05, 0.1) is 38.8 Å². The predicted octanol–water partition coefficient (Wildman–Crippen LogP) is 3.52. The van der Waals surface area contributed by atoms with E-state index in [1.165, 1.54) is 12.1 Å². The number of nitrogens with one attached hydrogen (secondary N) is 4. The zero-order valence-electron chi connectivity index (χ0n) is 29.7. The van der Waals surface area contributed by atoms with Crippen molar-refractivity contribution in [2.45, 2.75) is 44.6 Å². The zero-order valence-corrected chi connectivity index (χ0v) is 29.7. The number of imidazole rings is 1. The number of hydrogen-bond acceptors (Lipinski definition) is 10. The minimum Gasteiger partial charge on any atom is -0.397 e. The van der Waals surface area contributed by atoms with E-state index in [0.29, 0.717) is 67.8 Å². The number of anilines is 3. The Kier molecular flexibility index (Phi) is 9.24. The Labute approximate surface area is 313 Å². The number of carbonyl (C=O) groups is 5. The van der Waals surface area contributed by atoms with Gasteiger partial charge in [0.25, 0.3) is 17.4 Å². The monoisotopic (exact) mass is 747 g/mol. The summed E-state index contributed by atoms with van der Waals surface area (Å²) < 4.78 is 14.6. The van der Waals surface area contributed by atoms with Crippen molar-refractivity contribution in [1.29, 1.82) is 0 Å². The number of pyridine rings is 1. The number of nitrogen functional groups attached to an aromatic ring is 1. The number of nitrogens with zero attached hydrogens (tertiary/aromatic N) is 4. The maximum atomic E-state index is 14.6. The van der Waals surface area contributed by atoms with Gasteiger partial charge in [-0.3, -0.25) is 39.0 Å². The lowest BCUT2D eigenvalue weighted by Gasteiger charge is -2.36. The highest BCUT2D eigenvalue weighted by Gasteiger charge is 2.45.